The first-order valence-electron chi connectivity index (χ1n) is 4.76. The number of rotatable bonds is 6. The van der Waals surface area contributed by atoms with E-state index in [9.17, 15) is 8.42 Å². The smallest absolute Gasteiger partial charge is 0.199 e. The van der Waals surface area contributed by atoms with Crippen molar-refractivity contribution in [1.82, 2.24) is 9.44 Å². The van der Waals surface area contributed by atoms with Crippen molar-refractivity contribution >= 4 is 10.2 Å². The average Bonchev–Trinajstić information content (AvgIpc) is 2.86. The summed E-state index contributed by atoms with van der Waals surface area (Å²) in [7, 11) is -3.47. The SMILES string of the molecule is CCCC(C#N)NS(=O)(=O)NC1CC1. The molecular formula is C8H15N3O2S. The standard InChI is InChI=1S/C8H15N3O2S/c1-2-3-8(6-9)11-14(12,13)10-7-4-5-7/h7-8,10-11H,2-5H2,1H3. The zero-order valence-electron chi connectivity index (χ0n) is 8.16. The Balaban J connectivity index is 2.43. The highest BCUT2D eigenvalue weighted by Crippen LogP contribution is 2.19. The van der Waals surface area contributed by atoms with Gasteiger partial charge in [0.05, 0.1) is 6.07 Å². The third kappa shape index (κ3) is 4.05. The first-order chi connectivity index (χ1) is 6.57. The fraction of sp³-hybridized carbons (Fsp3) is 0.875. The minimum atomic E-state index is -3.47. The molecule has 1 unspecified atom stereocenters. The van der Waals surface area contributed by atoms with Crippen LogP contribution >= 0.6 is 0 Å². The van der Waals surface area contributed by atoms with Crippen LogP contribution < -0.4 is 9.44 Å². The number of nitrogens with zero attached hydrogens (tertiary/aromatic N) is 1. The second-order valence-corrected chi connectivity index (χ2v) is 4.96. The Labute approximate surface area is 84.7 Å². The molecule has 1 fully saturated rings. The van der Waals surface area contributed by atoms with E-state index in [1.165, 1.54) is 0 Å². The van der Waals surface area contributed by atoms with Crippen LogP contribution in [-0.4, -0.2) is 20.5 Å². The Kier molecular flexibility index (Phi) is 3.86. The molecule has 14 heavy (non-hydrogen) atoms. The molecule has 1 rings (SSSR count). The summed E-state index contributed by atoms with van der Waals surface area (Å²) in [6.45, 7) is 1.91. The highest BCUT2D eigenvalue weighted by atomic mass is 32.2. The quantitative estimate of drug-likeness (QED) is 0.669. The molecule has 0 bridgehead atoms. The fourth-order valence-corrected chi connectivity index (χ4v) is 2.37. The lowest BCUT2D eigenvalue weighted by Crippen LogP contribution is -2.42. The summed E-state index contributed by atoms with van der Waals surface area (Å²) < 4.78 is 27.5. The Morgan fingerprint density at radius 2 is 2.21 bits per heavy atom. The van der Waals surface area contributed by atoms with Crippen molar-refractivity contribution < 1.29 is 8.42 Å². The number of hydrogen-bond donors (Lipinski definition) is 2. The maximum Gasteiger partial charge on any atom is 0.278 e. The highest BCUT2D eigenvalue weighted by Gasteiger charge is 2.28. The van der Waals surface area contributed by atoms with Gasteiger partial charge in [0.15, 0.2) is 0 Å². The van der Waals surface area contributed by atoms with Gasteiger partial charge in [0.25, 0.3) is 10.2 Å². The van der Waals surface area contributed by atoms with Gasteiger partial charge in [-0.2, -0.15) is 23.1 Å². The van der Waals surface area contributed by atoms with Crippen LogP contribution in [0.25, 0.3) is 0 Å². The molecule has 0 aromatic rings. The van der Waals surface area contributed by atoms with E-state index in [2.05, 4.69) is 9.44 Å². The maximum absolute atomic E-state index is 11.4. The van der Waals surface area contributed by atoms with E-state index in [1.54, 1.807) is 0 Å². The third-order valence-corrected chi connectivity index (χ3v) is 3.17. The summed E-state index contributed by atoms with van der Waals surface area (Å²) >= 11 is 0. The van der Waals surface area contributed by atoms with Crippen molar-refractivity contribution in [1.29, 1.82) is 5.26 Å². The Bertz CT molecular complexity index is 316. The predicted molar refractivity (Wildman–Crippen MR) is 52.5 cm³/mol. The first kappa shape index (κ1) is 11.4. The van der Waals surface area contributed by atoms with Crippen LogP contribution in [0.15, 0.2) is 0 Å². The van der Waals surface area contributed by atoms with Crippen molar-refractivity contribution in [3.63, 3.8) is 0 Å². The maximum atomic E-state index is 11.4. The molecule has 5 nitrogen and oxygen atoms in total. The largest absolute Gasteiger partial charge is 0.278 e. The van der Waals surface area contributed by atoms with Crippen molar-refractivity contribution in [3.05, 3.63) is 0 Å². The van der Waals surface area contributed by atoms with Crippen molar-refractivity contribution in [2.24, 2.45) is 0 Å². The van der Waals surface area contributed by atoms with Gasteiger partial charge in [0, 0.05) is 6.04 Å². The average molecular weight is 217 g/mol. The van der Waals surface area contributed by atoms with E-state index in [1.807, 2.05) is 13.0 Å². The van der Waals surface area contributed by atoms with E-state index in [4.69, 9.17) is 5.26 Å². The molecule has 0 heterocycles. The molecule has 0 saturated heterocycles. The molecule has 1 aliphatic carbocycles. The van der Waals surface area contributed by atoms with Gasteiger partial charge in [-0.05, 0) is 19.3 Å². The van der Waals surface area contributed by atoms with Gasteiger partial charge < -0.3 is 0 Å². The summed E-state index contributed by atoms with van der Waals surface area (Å²) in [5.74, 6) is 0. The highest BCUT2D eigenvalue weighted by molar-refractivity contribution is 7.87. The molecule has 1 saturated carbocycles. The Morgan fingerprint density at radius 1 is 1.57 bits per heavy atom. The van der Waals surface area contributed by atoms with Crippen molar-refractivity contribution in [2.45, 2.75) is 44.7 Å². The molecule has 0 aromatic carbocycles. The summed E-state index contributed by atoms with van der Waals surface area (Å²) in [4.78, 5) is 0. The second kappa shape index (κ2) is 4.73. The number of nitriles is 1. The van der Waals surface area contributed by atoms with Crippen LogP contribution in [0, 0.1) is 11.3 Å². The lowest BCUT2D eigenvalue weighted by molar-refractivity contribution is 0.548. The van der Waals surface area contributed by atoms with E-state index in [0.29, 0.717) is 6.42 Å². The van der Waals surface area contributed by atoms with Gasteiger partial charge in [0.2, 0.25) is 0 Å². The predicted octanol–water partition coefficient (Wildman–Crippen LogP) is 0.265. The molecule has 2 N–H and O–H groups in total. The van der Waals surface area contributed by atoms with Crippen LogP contribution in [0.5, 0.6) is 0 Å². The molecular weight excluding hydrogens is 202 g/mol. The molecule has 0 aromatic heterocycles. The molecule has 0 aliphatic heterocycles. The van der Waals surface area contributed by atoms with E-state index in [-0.39, 0.29) is 6.04 Å². The molecule has 6 heteroatoms. The van der Waals surface area contributed by atoms with Crippen LogP contribution in [0.2, 0.25) is 0 Å². The zero-order chi connectivity index (χ0) is 10.6. The topological polar surface area (TPSA) is 82.0 Å². The van der Waals surface area contributed by atoms with Gasteiger partial charge in [0.1, 0.15) is 6.04 Å². The minimum Gasteiger partial charge on any atom is -0.199 e. The van der Waals surface area contributed by atoms with Crippen molar-refractivity contribution in [2.75, 3.05) is 0 Å². The van der Waals surface area contributed by atoms with Gasteiger partial charge >= 0.3 is 0 Å². The molecule has 0 amide bonds. The van der Waals surface area contributed by atoms with Crippen molar-refractivity contribution in [3.8, 4) is 6.07 Å². The molecule has 1 atom stereocenters. The van der Waals surface area contributed by atoms with Crippen LogP contribution in [0.1, 0.15) is 32.6 Å². The second-order valence-electron chi connectivity index (χ2n) is 3.48. The van der Waals surface area contributed by atoms with Gasteiger partial charge in [-0.15, -0.1) is 0 Å². The van der Waals surface area contributed by atoms with Crippen LogP contribution in [0.4, 0.5) is 0 Å². The van der Waals surface area contributed by atoms with Gasteiger partial charge in [-0.25, -0.2) is 0 Å². The molecule has 0 spiro atoms. The number of hydrogen-bond acceptors (Lipinski definition) is 3. The summed E-state index contributed by atoms with van der Waals surface area (Å²) in [6.07, 6.45) is 3.12. The monoisotopic (exact) mass is 217 g/mol. The summed E-state index contributed by atoms with van der Waals surface area (Å²) in [6, 6.07) is 1.39. The minimum absolute atomic E-state index is 0.0773. The zero-order valence-corrected chi connectivity index (χ0v) is 8.97. The van der Waals surface area contributed by atoms with Crippen LogP contribution in [0.3, 0.4) is 0 Å². The van der Waals surface area contributed by atoms with Gasteiger partial charge in [-0.1, -0.05) is 13.3 Å². The van der Waals surface area contributed by atoms with Gasteiger partial charge in [-0.3, -0.25) is 0 Å². The fourth-order valence-electron chi connectivity index (χ4n) is 1.08. The van der Waals surface area contributed by atoms with E-state index >= 15 is 0 Å². The summed E-state index contributed by atoms with van der Waals surface area (Å²) in [5.41, 5.74) is 0. The molecule has 1 aliphatic rings. The molecule has 80 valence electrons. The lowest BCUT2D eigenvalue weighted by Gasteiger charge is -2.11. The normalized spacial score (nSPS) is 18.9. The van der Waals surface area contributed by atoms with E-state index in [0.717, 1.165) is 19.3 Å². The Morgan fingerprint density at radius 3 is 2.64 bits per heavy atom. The summed E-state index contributed by atoms with van der Waals surface area (Å²) in [5, 5.41) is 8.67. The Hall–Kier alpha value is -0.640. The number of nitrogens with one attached hydrogen (secondary N) is 2. The molecule has 0 radical (unpaired) electrons. The lowest BCUT2D eigenvalue weighted by atomic mass is 10.2. The van der Waals surface area contributed by atoms with Crippen LogP contribution in [-0.2, 0) is 10.2 Å². The first-order valence-corrected chi connectivity index (χ1v) is 6.25. The van der Waals surface area contributed by atoms with E-state index < -0.39 is 16.3 Å². The third-order valence-electron chi connectivity index (χ3n) is 1.93.